The summed E-state index contributed by atoms with van der Waals surface area (Å²) in [6.45, 7) is 7.83. The number of benzene rings is 9. The van der Waals surface area contributed by atoms with Gasteiger partial charge in [-0.25, -0.2) is 0 Å². The van der Waals surface area contributed by atoms with Gasteiger partial charge in [-0.1, -0.05) is 201 Å². The lowest BCUT2D eigenvalue weighted by Crippen LogP contribution is -2.22. The average molecular weight is 773 g/mol. The second kappa shape index (κ2) is 15.9. The third-order valence-corrected chi connectivity index (χ3v) is 13.6. The molecule has 5 heteroatoms. The van der Waals surface area contributed by atoms with E-state index in [1.807, 2.05) is 48.5 Å². The van der Waals surface area contributed by atoms with Gasteiger partial charge in [0.05, 0.1) is 0 Å². The molecule has 0 radical (unpaired) electrons. The maximum absolute atomic E-state index is 10.1. The Labute approximate surface area is 333 Å². The van der Waals surface area contributed by atoms with Crippen molar-refractivity contribution in [2.75, 3.05) is 0 Å². The van der Waals surface area contributed by atoms with E-state index >= 15 is 0 Å². The zero-order chi connectivity index (χ0) is 38.7. The van der Waals surface area contributed by atoms with E-state index < -0.39 is 16.2 Å². The SMILES string of the molecule is C=Cc1ccc2op(O)oc3ccc4ccccc4c3c2c1C=C.c1ccc(P(c2ccccc2)c2ccc3ccccc3c2-c2cccc3ccccc23)cc1. The van der Waals surface area contributed by atoms with E-state index in [2.05, 4.69) is 153 Å². The Bertz CT molecular complexity index is 3090. The molecule has 0 aliphatic carbocycles. The topological polar surface area (TPSA) is 46.5 Å². The van der Waals surface area contributed by atoms with E-state index in [4.69, 9.17) is 8.39 Å². The maximum Gasteiger partial charge on any atom is 0.384 e. The largest absolute Gasteiger partial charge is 0.399 e. The third-order valence-electron chi connectivity index (χ3n) is 10.4. The van der Waals surface area contributed by atoms with Gasteiger partial charge >= 0.3 is 8.24 Å². The van der Waals surface area contributed by atoms with Gasteiger partial charge in [0.25, 0.3) is 0 Å². The first-order chi connectivity index (χ1) is 28.1. The molecular weight excluding hydrogens is 735 g/mol. The van der Waals surface area contributed by atoms with Crippen molar-refractivity contribution >= 4 is 98.5 Å². The van der Waals surface area contributed by atoms with Crippen molar-refractivity contribution in [1.82, 2.24) is 0 Å². The van der Waals surface area contributed by atoms with Crippen molar-refractivity contribution in [3.63, 3.8) is 0 Å². The van der Waals surface area contributed by atoms with Crippen LogP contribution in [0.5, 0.6) is 0 Å². The molecule has 1 unspecified atom stereocenters. The highest BCUT2D eigenvalue weighted by atomic mass is 31.1. The molecule has 0 aliphatic rings. The number of fused-ring (bicyclic) bond motifs is 7. The maximum atomic E-state index is 10.1. The average Bonchev–Trinajstić information content (AvgIpc) is 3.42. The number of hydrogen-bond donors (Lipinski definition) is 1. The molecule has 0 saturated carbocycles. The summed E-state index contributed by atoms with van der Waals surface area (Å²) in [5, 5.41) is 13.2. The lowest BCUT2D eigenvalue weighted by Gasteiger charge is -2.24. The van der Waals surface area contributed by atoms with Crippen molar-refractivity contribution in [1.29, 1.82) is 0 Å². The first-order valence-electron chi connectivity index (χ1n) is 18.8. The zero-order valence-electron chi connectivity index (χ0n) is 31.1. The normalized spacial score (nSPS) is 11.5. The summed E-state index contributed by atoms with van der Waals surface area (Å²) >= 11 is 0. The van der Waals surface area contributed by atoms with Gasteiger partial charge in [0.15, 0.2) is 0 Å². The minimum Gasteiger partial charge on any atom is -0.399 e. The van der Waals surface area contributed by atoms with Crippen LogP contribution in [0.15, 0.2) is 210 Å². The van der Waals surface area contributed by atoms with E-state index in [0.29, 0.717) is 11.2 Å². The molecule has 1 N–H and O–H groups in total. The summed E-state index contributed by atoms with van der Waals surface area (Å²) in [6, 6.07) is 66.5. The van der Waals surface area contributed by atoms with Gasteiger partial charge in [0.1, 0.15) is 11.2 Å². The monoisotopic (exact) mass is 772 g/mol. The molecule has 1 atom stereocenters. The first-order valence-corrected chi connectivity index (χ1v) is 21.3. The van der Waals surface area contributed by atoms with Crippen LogP contribution in [0.1, 0.15) is 11.1 Å². The van der Waals surface area contributed by atoms with Gasteiger partial charge in [-0.05, 0) is 90.5 Å². The smallest absolute Gasteiger partial charge is 0.384 e. The Morgan fingerprint density at radius 1 is 0.456 bits per heavy atom. The highest BCUT2D eigenvalue weighted by molar-refractivity contribution is 7.80. The Hall–Kier alpha value is -6.47. The minimum absolute atomic E-state index is 0.583. The van der Waals surface area contributed by atoms with Gasteiger partial charge in [-0.2, -0.15) is 0 Å². The summed E-state index contributed by atoms with van der Waals surface area (Å²) in [5.74, 6) is 0. The lowest BCUT2D eigenvalue weighted by molar-refractivity contribution is 0.495. The quantitative estimate of drug-likeness (QED) is 0.171. The van der Waals surface area contributed by atoms with Crippen molar-refractivity contribution in [3.8, 4) is 11.1 Å². The summed E-state index contributed by atoms with van der Waals surface area (Å²) in [5.41, 5.74) is 5.71. The zero-order valence-corrected chi connectivity index (χ0v) is 32.9. The molecule has 10 aromatic rings. The van der Waals surface area contributed by atoms with Crippen LogP contribution in [0.2, 0.25) is 0 Å². The predicted molar refractivity (Wildman–Crippen MR) is 247 cm³/mol. The van der Waals surface area contributed by atoms with Gasteiger partial charge in [-0.3, -0.25) is 4.89 Å². The molecule has 10 rings (SSSR count). The van der Waals surface area contributed by atoms with E-state index in [0.717, 1.165) is 32.7 Å². The minimum atomic E-state index is -2.04. The van der Waals surface area contributed by atoms with E-state index in [9.17, 15) is 4.89 Å². The molecule has 0 aliphatic heterocycles. The molecule has 0 amide bonds. The summed E-state index contributed by atoms with van der Waals surface area (Å²) in [7, 11) is -2.76. The van der Waals surface area contributed by atoms with Gasteiger partial charge in [0.2, 0.25) is 0 Å². The highest BCUT2D eigenvalue weighted by Gasteiger charge is 2.23. The third kappa shape index (κ3) is 6.88. The van der Waals surface area contributed by atoms with Crippen molar-refractivity contribution < 1.29 is 13.3 Å². The standard InChI is InChI=1S/C32H23P.C20H15O3P/c1-3-15-26(16-4-1)33(27-17-5-2-6-18-27)31-23-22-25-13-8-10-20-29(25)32(31)30-21-11-14-24-12-7-9-19-28(24)30;1-3-13-9-11-17-19(15(13)4-2)20-16-8-6-5-7-14(16)10-12-18(20)23-24(21)22-17/h1-23H;3-12,21H,1-2H2. The van der Waals surface area contributed by atoms with Crippen LogP contribution < -0.4 is 15.9 Å². The molecule has 274 valence electrons. The predicted octanol–water partition coefficient (Wildman–Crippen LogP) is 13.9. The molecule has 1 aromatic heterocycles. The number of hydrogen-bond acceptors (Lipinski definition) is 3. The summed E-state index contributed by atoms with van der Waals surface area (Å²) in [6.07, 6.45) is 3.57. The van der Waals surface area contributed by atoms with Crippen molar-refractivity contribution in [2.24, 2.45) is 0 Å². The molecule has 9 aromatic carbocycles. The van der Waals surface area contributed by atoms with Crippen LogP contribution in [0.3, 0.4) is 0 Å². The fourth-order valence-corrected chi connectivity index (χ4v) is 11.0. The summed E-state index contributed by atoms with van der Waals surface area (Å²) in [4.78, 5) is 10.1. The molecule has 1 heterocycles. The molecular formula is C52H38O3P2. The van der Waals surface area contributed by atoms with Gasteiger partial charge in [-0.15, -0.1) is 0 Å². The Morgan fingerprint density at radius 3 is 1.61 bits per heavy atom. The molecule has 0 fully saturated rings. The Morgan fingerprint density at radius 2 is 0.965 bits per heavy atom. The molecule has 0 bridgehead atoms. The van der Waals surface area contributed by atoms with Crippen LogP contribution in [-0.4, -0.2) is 4.89 Å². The molecule has 3 nitrogen and oxygen atoms in total. The molecule has 0 spiro atoms. The van der Waals surface area contributed by atoms with Crippen LogP contribution in [0.4, 0.5) is 0 Å². The molecule has 57 heavy (non-hydrogen) atoms. The summed E-state index contributed by atoms with van der Waals surface area (Å²) < 4.78 is 11.3. The lowest BCUT2D eigenvalue weighted by atomic mass is 9.94. The van der Waals surface area contributed by atoms with E-state index in [1.54, 1.807) is 12.2 Å². The molecule has 0 saturated heterocycles. The fraction of sp³-hybridized carbons (Fsp3) is 0. The van der Waals surface area contributed by atoms with Crippen molar-refractivity contribution in [3.05, 3.63) is 212 Å². The number of rotatable bonds is 6. The first kappa shape index (κ1) is 36.2. The van der Waals surface area contributed by atoms with Crippen LogP contribution in [0, 0.1) is 0 Å². The highest BCUT2D eigenvalue weighted by Crippen LogP contribution is 2.42. The second-order valence-corrected chi connectivity index (χ2v) is 16.7. The van der Waals surface area contributed by atoms with Crippen LogP contribution in [-0.2, 0) is 0 Å². The van der Waals surface area contributed by atoms with E-state index in [1.165, 1.54) is 48.6 Å². The van der Waals surface area contributed by atoms with E-state index in [-0.39, 0.29) is 0 Å². The Balaban J connectivity index is 0.000000156. The Kier molecular flexibility index (Phi) is 10.1. The van der Waals surface area contributed by atoms with Crippen LogP contribution in [0.25, 0.3) is 77.5 Å². The van der Waals surface area contributed by atoms with Crippen molar-refractivity contribution in [2.45, 2.75) is 0 Å². The van der Waals surface area contributed by atoms with Crippen LogP contribution >= 0.6 is 16.2 Å². The fourth-order valence-electron chi connectivity index (χ4n) is 7.87. The van der Waals surface area contributed by atoms with Gasteiger partial charge in [0, 0.05) is 10.8 Å². The van der Waals surface area contributed by atoms with Gasteiger partial charge < -0.3 is 8.39 Å². The second-order valence-electron chi connectivity index (χ2n) is 13.6.